The molecule has 1 N–H and O–H groups in total. The first-order valence-electron chi connectivity index (χ1n) is 5.36. The first kappa shape index (κ1) is 11.7. The normalized spacial score (nSPS) is 10.7. The van der Waals surface area contributed by atoms with Gasteiger partial charge in [0.05, 0.1) is 16.9 Å². The molecule has 0 saturated carbocycles. The Morgan fingerprint density at radius 1 is 1.06 bits per heavy atom. The van der Waals surface area contributed by atoms with E-state index in [1.807, 2.05) is 36.4 Å². The number of hydrazone groups is 1. The summed E-state index contributed by atoms with van der Waals surface area (Å²) >= 11 is 5.99. The molecule has 3 heteroatoms. The fourth-order valence-corrected chi connectivity index (χ4v) is 1.56. The number of rotatable bonds is 3. The molecule has 0 heterocycles. The highest BCUT2D eigenvalue weighted by atomic mass is 35.5. The first-order valence-corrected chi connectivity index (χ1v) is 5.74. The Labute approximate surface area is 106 Å². The topological polar surface area (TPSA) is 24.4 Å². The number of benzene rings is 2. The highest BCUT2D eigenvalue weighted by molar-refractivity contribution is 6.33. The van der Waals surface area contributed by atoms with Gasteiger partial charge in [-0.15, -0.1) is 0 Å². The molecule has 0 aliphatic carbocycles. The number of anilines is 1. The molecule has 0 aliphatic heterocycles. The molecular formula is C14H13ClN2. The average Bonchev–Trinajstić information content (AvgIpc) is 2.34. The lowest BCUT2D eigenvalue weighted by Gasteiger charge is -2.01. The van der Waals surface area contributed by atoms with E-state index >= 15 is 0 Å². The van der Waals surface area contributed by atoms with Crippen LogP contribution in [0.3, 0.4) is 0 Å². The summed E-state index contributed by atoms with van der Waals surface area (Å²) in [5.41, 5.74) is 6.01. The molecule has 2 aromatic carbocycles. The number of para-hydroxylation sites is 1. The maximum absolute atomic E-state index is 5.99. The van der Waals surface area contributed by atoms with Crippen molar-refractivity contribution in [3.63, 3.8) is 0 Å². The van der Waals surface area contributed by atoms with Crippen molar-refractivity contribution in [2.75, 3.05) is 5.43 Å². The van der Waals surface area contributed by atoms with E-state index in [1.54, 1.807) is 6.21 Å². The van der Waals surface area contributed by atoms with Gasteiger partial charge in [0.2, 0.25) is 0 Å². The van der Waals surface area contributed by atoms with E-state index in [0.717, 1.165) is 11.3 Å². The summed E-state index contributed by atoms with van der Waals surface area (Å²) in [7, 11) is 0. The number of hydrogen-bond acceptors (Lipinski definition) is 2. The van der Waals surface area contributed by atoms with Gasteiger partial charge >= 0.3 is 0 Å². The summed E-state index contributed by atoms with van der Waals surface area (Å²) in [4.78, 5) is 0. The molecule has 0 amide bonds. The van der Waals surface area contributed by atoms with Crippen LogP contribution in [0.2, 0.25) is 5.02 Å². The molecule has 0 spiro atoms. The predicted molar refractivity (Wildman–Crippen MR) is 73.8 cm³/mol. The Balaban J connectivity index is 2.03. The van der Waals surface area contributed by atoms with Crippen LogP contribution in [-0.2, 0) is 0 Å². The summed E-state index contributed by atoms with van der Waals surface area (Å²) < 4.78 is 0. The standard InChI is InChI=1S/C14H13ClN2/c1-11-6-8-12(9-7-11)10-16-17-14-5-3-2-4-13(14)15/h2-10,17H,1H3/b16-10+. The summed E-state index contributed by atoms with van der Waals surface area (Å²) in [5, 5.41) is 4.80. The third-order valence-electron chi connectivity index (χ3n) is 2.35. The maximum atomic E-state index is 5.99. The van der Waals surface area contributed by atoms with Crippen molar-refractivity contribution in [2.24, 2.45) is 5.10 Å². The zero-order chi connectivity index (χ0) is 12.1. The molecule has 2 nitrogen and oxygen atoms in total. The van der Waals surface area contributed by atoms with Gasteiger partial charge in [0.15, 0.2) is 0 Å². The van der Waals surface area contributed by atoms with Crippen molar-refractivity contribution in [3.8, 4) is 0 Å². The summed E-state index contributed by atoms with van der Waals surface area (Å²) in [6, 6.07) is 15.7. The Kier molecular flexibility index (Phi) is 3.78. The predicted octanol–water partition coefficient (Wildman–Crippen LogP) is 4.09. The monoisotopic (exact) mass is 244 g/mol. The zero-order valence-corrected chi connectivity index (χ0v) is 10.3. The SMILES string of the molecule is Cc1ccc(/C=N/Nc2ccccc2Cl)cc1. The van der Waals surface area contributed by atoms with Gasteiger partial charge in [-0.1, -0.05) is 53.6 Å². The lowest BCUT2D eigenvalue weighted by atomic mass is 10.2. The Morgan fingerprint density at radius 3 is 2.47 bits per heavy atom. The minimum atomic E-state index is 0.661. The number of nitrogens with zero attached hydrogens (tertiary/aromatic N) is 1. The van der Waals surface area contributed by atoms with E-state index in [1.165, 1.54) is 5.56 Å². The third-order valence-corrected chi connectivity index (χ3v) is 2.68. The second-order valence-electron chi connectivity index (χ2n) is 3.76. The van der Waals surface area contributed by atoms with Crippen LogP contribution >= 0.6 is 11.6 Å². The van der Waals surface area contributed by atoms with Crippen LogP contribution < -0.4 is 5.43 Å². The van der Waals surface area contributed by atoms with Crippen molar-refractivity contribution < 1.29 is 0 Å². The van der Waals surface area contributed by atoms with Crippen molar-refractivity contribution in [3.05, 3.63) is 64.7 Å². The molecule has 0 aliphatic rings. The minimum absolute atomic E-state index is 0.661. The molecule has 0 radical (unpaired) electrons. The summed E-state index contributed by atoms with van der Waals surface area (Å²) in [5.74, 6) is 0. The number of aryl methyl sites for hydroxylation is 1. The molecule has 0 aromatic heterocycles. The van der Waals surface area contributed by atoms with Gasteiger partial charge in [-0.05, 0) is 24.6 Å². The second-order valence-corrected chi connectivity index (χ2v) is 4.17. The molecule has 0 fully saturated rings. The van der Waals surface area contributed by atoms with E-state index in [-0.39, 0.29) is 0 Å². The van der Waals surface area contributed by atoms with Gasteiger partial charge in [0.1, 0.15) is 0 Å². The number of nitrogens with one attached hydrogen (secondary N) is 1. The Hall–Kier alpha value is -1.80. The van der Waals surface area contributed by atoms with E-state index in [4.69, 9.17) is 11.6 Å². The quantitative estimate of drug-likeness (QED) is 0.638. The molecule has 0 unspecified atom stereocenters. The number of hydrogen-bond donors (Lipinski definition) is 1. The summed E-state index contributed by atoms with van der Waals surface area (Å²) in [6.07, 6.45) is 1.77. The van der Waals surface area contributed by atoms with Crippen LogP contribution in [0.1, 0.15) is 11.1 Å². The Bertz CT molecular complexity index is 518. The highest BCUT2D eigenvalue weighted by Crippen LogP contribution is 2.20. The highest BCUT2D eigenvalue weighted by Gasteiger charge is 1.94. The third kappa shape index (κ3) is 3.33. The molecular weight excluding hydrogens is 232 g/mol. The van der Waals surface area contributed by atoms with E-state index in [0.29, 0.717) is 5.02 Å². The summed E-state index contributed by atoms with van der Waals surface area (Å²) in [6.45, 7) is 2.06. The van der Waals surface area contributed by atoms with Gasteiger partial charge in [-0.2, -0.15) is 5.10 Å². The van der Waals surface area contributed by atoms with E-state index < -0.39 is 0 Å². The van der Waals surface area contributed by atoms with Crippen LogP contribution in [0.15, 0.2) is 53.6 Å². The van der Waals surface area contributed by atoms with Crippen molar-refractivity contribution in [1.82, 2.24) is 0 Å². The maximum Gasteiger partial charge on any atom is 0.0748 e. The molecule has 0 bridgehead atoms. The zero-order valence-electron chi connectivity index (χ0n) is 9.52. The molecule has 86 valence electrons. The van der Waals surface area contributed by atoms with Gasteiger partial charge in [0.25, 0.3) is 0 Å². The van der Waals surface area contributed by atoms with Gasteiger partial charge in [-0.25, -0.2) is 0 Å². The van der Waals surface area contributed by atoms with Crippen LogP contribution in [0.5, 0.6) is 0 Å². The molecule has 2 rings (SSSR count). The van der Waals surface area contributed by atoms with Crippen molar-refractivity contribution in [1.29, 1.82) is 0 Å². The molecule has 2 aromatic rings. The van der Waals surface area contributed by atoms with Gasteiger partial charge in [-0.3, -0.25) is 5.43 Å². The average molecular weight is 245 g/mol. The van der Waals surface area contributed by atoms with Crippen molar-refractivity contribution in [2.45, 2.75) is 6.92 Å². The molecule has 0 saturated heterocycles. The Morgan fingerprint density at radius 2 is 1.76 bits per heavy atom. The van der Waals surface area contributed by atoms with Gasteiger partial charge in [0, 0.05) is 0 Å². The van der Waals surface area contributed by atoms with Crippen LogP contribution in [-0.4, -0.2) is 6.21 Å². The first-order chi connectivity index (χ1) is 8.25. The van der Waals surface area contributed by atoms with E-state index in [9.17, 15) is 0 Å². The molecule has 0 atom stereocenters. The fraction of sp³-hybridized carbons (Fsp3) is 0.0714. The lowest BCUT2D eigenvalue weighted by Crippen LogP contribution is -1.91. The van der Waals surface area contributed by atoms with Crippen LogP contribution in [0.4, 0.5) is 5.69 Å². The van der Waals surface area contributed by atoms with Crippen LogP contribution in [0.25, 0.3) is 0 Å². The lowest BCUT2D eigenvalue weighted by molar-refractivity contribution is 1.35. The minimum Gasteiger partial charge on any atom is -0.277 e. The van der Waals surface area contributed by atoms with Crippen molar-refractivity contribution >= 4 is 23.5 Å². The van der Waals surface area contributed by atoms with Gasteiger partial charge < -0.3 is 0 Å². The molecule has 17 heavy (non-hydrogen) atoms. The van der Waals surface area contributed by atoms with E-state index in [2.05, 4.69) is 29.6 Å². The fourth-order valence-electron chi connectivity index (χ4n) is 1.38. The van der Waals surface area contributed by atoms with Crippen LogP contribution in [0, 0.1) is 6.92 Å². The smallest absolute Gasteiger partial charge is 0.0748 e. The second kappa shape index (κ2) is 5.51. The largest absolute Gasteiger partial charge is 0.277 e. The number of halogens is 1.